The second-order valence-corrected chi connectivity index (χ2v) is 5.13. The van der Waals surface area contributed by atoms with Crippen molar-refractivity contribution >= 4 is 11.9 Å². The number of rotatable bonds is 3. The lowest BCUT2D eigenvalue weighted by atomic mass is 9.80. The highest BCUT2D eigenvalue weighted by molar-refractivity contribution is 5.73. The molecule has 1 aliphatic rings. The summed E-state index contributed by atoms with van der Waals surface area (Å²) in [5.41, 5.74) is 0. The summed E-state index contributed by atoms with van der Waals surface area (Å²) >= 11 is 0. The minimum atomic E-state index is -0.296. The molecule has 1 N–H and O–H groups in total. The molecule has 1 saturated heterocycles. The van der Waals surface area contributed by atoms with Crippen LogP contribution in [-0.4, -0.2) is 36.7 Å². The number of hydrogen-bond donors (Lipinski definition) is 1. The van der Waals surface area contributed by atoms with Crippen LogP contribution in [0.2, 0.25) is 0 Å². The van der Waals surface area contributed by atoms with E-state index in [0.717, 1.165) is 0 Å². The molecule has 0 spiro atoms. The molecule has 1 heterocycles. The van der Waals surface area contributed by atoms with E-state index in [4.69, 9.17) is 9.47 Å². The Morgan fingerprint density at radius 2 is 1.78 bits per heavy atom. The fraction of sp³-hybridized carbons (Fsp3) is 0.846. The normalized spacial score (nSPS) is 35.9. The Labute approximate surface area is 108 Å². The molecule has 18 heavy (non-hydrogen) atoms. The van der Waals surface area contributed by atoms with Gasteiger partial charge in [0.2, 0.25) is 5.91 Å². The lowest BCUT2D eigenvalue weighted by molar-refractivity contribution is -0.162. The van der Waals surface area contributed by atoms with E-state index in [1.807, 2.05) is 6.92 Å². The minimum absolute atomic E-state index is 0.00563. The van der Waals surface area contributed by atoms with Crippen LogP contribution in [0.3, 0.4) is 0 Å². The van der Waals surface area contributed by atoms with Crippen molar-refractivity contribution in [3.05, 3.63) is 0 Å². The van der Waals surface area contributed by atoms with Gasteiger partial charge in [0, 0.05) is 13.8 Å². The molecule has 0 saturated carbocycles. The number of carbonyl (C=O) groups is 2. The van der Waals surface area contributed by atoms with Crippen LogP contribution in [0.4, 0.5) is 0 Å². The van der Waals surface area contributed by atoms with E-state index in [-0.39, 0.29) is 48.6 Å². The van der Waals surface area contributed by atoms with Crippen LogP contribution in [0.15, 0.2) is 0 Å². The Bertz CT molecular complexity index is 316. The van der Waals surface area contributed by atoms with Crippen molar-refractivity contribution in [2.75, 3.05) is 6.61 Å². The zero-order valence-corrected chi connectivity index (χ0v) is 11.7. The third-order valence-corrected chi connectivity index (χ3v) is 3.70. The highest BCUT2D eigenvalue weighted by Crippen LogP contribution is 2.30. The van der Waals surface area contributed by atoms with Crippen LogP contribution in [-0.2, 0) is 19.1 Å². The molecule has 5 atom stereocenters. The maximum absolute atomic E-state index is 11.2. The highest BCUT2D eigenvalue weighted by atomic mass is 16.6. The van der Waals surface area contributed by atoms with Crippen LogP contribution >= 0.6 is 0 Å². The van der Waals surface area contributed by atoms with Crippen molar-refractivity contribution < 1.29 is 19.1 Å². The van der Waals surface area contributed by atoms with E-state index in [9.17, 15) is 9.59 Å². The third kappa shape index (κ3) is 3.70. The molecular formula is C13H23NO4. The largest absolute Gasteiger partial charge is 0.463 e. The van der Waals surface area contributed by atoms with Gasteiger partial charge < -0.3 is 14.8 Å². The molecule has 0 aromatic carbocycles. The van der Waals surface area contributed by atoms with E-state index < -0.39 is 0 Å². The molecule has 0 aromatic rings. The third-order valence-electron chi connectivity index (χ3n) is 3.70. The first-order valence-corrected chi connectivity index (χ1v) is 6.38. The van der Waals surface area contributed by atoms with Crippen molar-refractivity contribution in [3.8, 4) is 0 Å². The van der Waals surface area contributed by atoms with Crippen LogP contribution in [0.5, 0.6) is 0 Å². The molecule has 0 aliphatic carbocycles. The molecule has 1 fully saturated rings. The molecule has 104 valence electrons. The van der Waals surface area contributed by atoms with Gasteiger partial charge in [-0.1, -0.05) is 13.8 Å². The Morgan fingerprint density at radius 1 is 1.17 bits per heavy atom. The average Bonchev–Trinajstić information content (AvgIpc) is 2.27. The van der Waals surface area contributed by atoms with Crippen LogP contribution in [0.25, 0.3) is 0 Å². The predicted molar refractivity (Wildman–Crippen MR) is 66.9 cm³/mol. The zero-order valence-electron chi connectivity index (χ0n) is 11.7. The van der Waals surface area contributed by atoms with E-state index in [0.29, 0.717) is 0 Å². The number of nitrogens with one attached hydrogen (secondary N) is 1. The van der Waals surface area contributed by atoms with E-state index in [1.54, 1.807) is 0 Å². The second kappa shape index (κ2) is 6.18. The number of hydrogen-bond acceptors (Lipinski definition) is 4. The fourth-order valence-electron chi connectivity index (χ4n) is 2.45. The topological polar surface area (TPSA) is 64.6 Å². The first-order valence-electron chi connectivity index (χ1n) is 6.38. The van der Waals surface area contributed by atoms with Gasteiger partial charge in [-0.2, -0.15) is 0 Å². The lowest BCUT2D eigenvalue weighted by Crippen LogP contribution is -2.56. The van der Waals surface area contributed by atoms with Gasteiger partial charge in [0.1, 0.15) is 6.61 Å². The second-order valence-electron chi connectivity index (χ2n) is 5.13. The first kappa shape index (κ1) is 15.0. The Hall–Kier alpha value is -1.10. The van der Waals surface area contributed by atoms with Gasteiger partial charge >= 0.3 is 5.97 Å². The SMILES string of the molecule is CC(=O)NC1C(C)OC(COC(C)=O)C(C)C1C. The summed E-state index contributed by atoms with van der Waals surface area (Å²) < 4.78 is 10.9. The summed E-state index contributed by atoms with van der Waals surface area (Å²) in [4.78, 5) is 22.0. The lowest BCUT2D eigenvalue weighted by Gasteiger charge is -2.43. The number of esters is 1. The average molecular weight is 257 g/mol. The summed E-state index contributed by atoms with van der Waals surface area (Å²) in [5.74, 6) is 0.152. The number of ether oxygens (including phenoxy) is 2. The van der Waals surface area contributed by atoms with Crippen molar-refractivity contribution in [1.82, 2.24) is 5.32 Å². The molecule has 5 unspecified atom stereocenters. The summed E-state index contributed by atoms with van der Waals surface area (Å²) in [6.45, 7) is 9.25. The van der Waals surface area contributed by atoms with E-state index in [1.165, 1.54) is 13.8 Å². The smallest absolute Gasteiger partial charge is 0.302 e. The van der Waals surface area contributed by atoms with Crippen molar-refractivity contribution in [3.63, 3.8) is 0 Å². The first-order chi connectivity index (χ1) is 8.32. The monoisotopic (exact) mass is 257 g/mol. The maximum Gasteiger partial charge on any atom is 0.302 e. The van der Waals surface area contributed by atoms with Crippen molar-refractivity contribution in [2.24, 2.45) is 11.8 Å². The van der Waals surface area contributed by atoms with Crippen LogP contribution < -0.4 is 5.32 Å². The molecule has 1 rings (SSSR count). The quantitative estimate of drug-likeness (QED) is 0.769. The Balaban J connectivity index is 2.64. The van der Waals surface area contributed by atoms with Gasteiger partial charge in [-0.25, -0.2) is 0 Å². The Morgan fingerprint density at radius 3 is 2.28 bits per heavy atom. The highest BCUT2D eigenvalue weighted by Gasteiger charge is 2.40. The maximum atomic E-state index is 11.2. The van der Waals surface area contributed by atoms with Crippen LogP contribution in [0, 0.1) is 11.8 Å². The summed E-state index contributed by atoms with van der Waals surface area (Å²) in [6.07, 6.45) is -0.190. The van der Waals surface area contributed by atoms with Crippen molar-refractivity contribution in [2.45, 2.75) is 52.9 Å². The minimum Gasteiger partial charge on any atom is -0.463 e. The molecule has 0 radical (unpaired) electrons. The molecule has 1 aliphatic heterocycles. The van der Waals surface area contributed by atoms with Gasteiger partial charge in [0.05, 0.1) is 18.2 Å². The predicted octanol–water partition coefficient (Wildman–Crippen LogP) is 1.11. The Kier molecular flexibility index (Phi) is 5.14. The van der Waals surface area contributed by atoms with Gasteiger partial charge in [-0.05, 0) is 18.8 Å². The van der Waals surface area contributed by atoms with Crippen molar-refractivity contribution in [1.29, 1.82) is 0 Å². The van der Waals surface area contributed by atoms with Crippen LogP contribution in [0.1, 0.15) is 34.6 Å². The van der Waals surface area contributed by atoms with E-state index in [2.05, 4.69) is 19.2 Å². The van der Waals surface area contributed by atoms with Gasteiger partial charge in [-0.3, -0.25) is 9.59 Å². The van der Waals surface area contributed by atoms with E-state index >= 15 is 0 Å². The molecule has 0 bridgehead atoms. The molecule has 5 heteroatoms. The molecule has 0 aromatic heterocycles. The fourth-order valence-corrected chi connectivity index (χ4v) is 2.45. The zero-order chi connectivity index (χ0) is 13.9. The molecular weight excluding hydrogens is 234 g/mol. The summed E-state index contributed by atoms with van der Waals surface area (Å²) in [5, 5.41) is 2.93. The standard InChI is InChI=1S/C13H23NO4/c1-7-8(2)13(14-10(4)15)9(3)18-12(7)6-17-11(5)16/h7-9,12-13H,6H2,1-5H3,(H,14,15). The molecule has 1 amide bonds. The van der Waals surface area contributed by atoms with Gasteiger partial charge in [0.15, 0.2) is 0 Å². The summed E-state index contributed by atoms with van der Waals surface area (Å²) in [7, 11) is 0. The number of carbonyl (C=O) groups excluding carboxylic acids is 2. The van der Waals surface area contributed by atoms with Gasteiger partial charge in [0.25, 0.3) is 0 Å². The van der Waals surface area contributed by atoms with Gasteiger partial charge in [-0.15, -0.1) is 0 Å². The number of amides is 1. The molecule has 5 nitrogen and oxygen atoms in total. The summed E-state index contributed by atoms with van der Waals surface area (Å²) in [6, 6.07) is 0.00563.